The van der Waals surface area contributed by atoms with Gasteiger partial charge in [-0.15, -0.1) is 12.4 Å². The molecule has 1 aliphatic heterocycles. The minimum Gasteiger partial charge on any atom is -0.381 e. The molecule has 1 aromatic carbocycles. The smallest absolute Gasteiger partial charge is 0.161 e. The number of rotatable bonds is 4. The van der Waals surface area contributed by atoms with Gasteiger partial charge in [0, 0.05) is 44.4 Å². The Balaban J connectivity index is 0.00000220. The van der Waals surface area contributed by atoms with Gasteiger partial charge in [0.1, 0.15) is 5.82 Å². The Morgan fingerprint density at radius 3 is 2.52 bits per heavy atom. The molecule has 1 fully saturated rings. The van der Waals surface area contributed by atoms with Gasteiger partial charge in [0.05, 0.1) is 6.10 Å². The summed E-state index contributed by atoms with van der Waals surface area (Å²) in [7, 11) is 1.66. The van der Waals surface area contributed by atoms with E-state index >= 15 is 0 Å². The standard InChI is InChI=1S/C14H19F3N2O.ClH/c1-20-11-2-3-19(10(5-11)7-18)8-9-4-13(16)14(17)6-12(9)15;/h4,6,10-11H,2-3,5,7-8,18H2,1H3;1H. The van der Waals surface area contributed by atoms with E-state index in [1.165, 1.54) is 0 Å². The summed E-state index contributed by atoms with van der Waals surface area (Å²) in [5, 5.41) is 0. The Morgan fingerprint density at radius 2 is 1.90 bits per heavy atom. The van der Waals surface area contributed by atoms with E-state index in [2.05, 4.69) is 0 Å². The number of nitrogens with zero attached hydrogens (tertiary/aromatic N) is 1. The van der Waals surface area contributed by atoms with E-state index in [1.807, 2.05) is 4.90 Å². The Labute approximate surface area is 128 Å². The van der Waals surface area contributed by atoms with Crippen LogP contribution in [0.25, 0.3) is 0 Å². The molecule has 0 bridgehead atoms. The van der Waals surface area contributed by atoms with Crippen LogP contribution in [0, 0.1) is 17.5 Å². The average molecular weight is 325 g/mol. The molecule has 2 rings (SSSR count). The predicted octanol–water partition coefficient (Wildman–Crippen LogP) is 2.46. The quantitative estimate of drug-likeness (QED) is 0.865. The molecule has 3 nitrogen and oxygen atoms in total. The van der Waals surface area contributed by atoms with Gasteiger partial charge in [-0.05, 0) is 18.9 Å². The summed E-state index contributed by atoms with van der Waals surface area (Å²) in [5.41, 5.74) is 5.88. The molecule has 21 heavy (non-hydrogen) atoms. The van der Waals surface area contributed by atoms with Gasteiger partial charge in [0.15, 0.2) is 11.6 Å². The molecular weight excluding hydrogens is 305 g/mol. The van der Waals surface area contributed by atoms with Gasteiger partial charge < -0.3 is 10.5 Å². The largest absolute Gasteiger partial charge is 0.381 e. The molecule has 120 valence electrons. The topological polar surface area (TPSA) is 38.5 Å². The lowest BCUT2D eigenvalue weighted by molar-refractivity contribution is 0.00983. The highest BCUT2D eigenvalue weighted by molar-refractivity contribution is 5.85. The molecule has 0 aromatic heterocycles. The summed E-state index contributed by atoms with van der Waals surface area (Å²) in [5.74, 6) is -2.93. The fraction of sp³-hybridized carbons (Fsp3) is 0.571. The van der Waals surface area contributed by atoms with E-state index in [1.54, 1.807) is 7.11 Å². The van der Waals surface area contributed by atoms with Crippen LogP contribution >= 0.6 is 12.4 Å². The van der Waals surface area contributed by atoms with Crippen molar-refractivity contribution in [2.24, 2.45) is 5.73 Å². The number of hydrogen-bond acceptors (Lipinski definition) is 3. The van der Waals surface area contributed by atoms with Crippen LogP contribution in [0.1, 0.15) is 18.4 Å². The van der Waals surface area contributed by atoms with Crippen LogP contribution in [-0.4, -0.2) is 37.2 Å². The Hall–Kier alpha value is -0.820. The van der Waals surface area contributed by atoms with E-state index in [0.717, 1.165) is 18.9 Å². The SMILES string of the molecule is COC1CCN(Cc2cc(F)c(F)cc2F)C(CN)C1.Cl. The molecule has 0 radical (unpaired) electrons. The van der Waals surface area contributed by atoms with Gasteiger partial charge in [-0.3, -0.25) is 4.90 Å². The van der Waals surface area contributed by atoms with Crippen molar-refractivity contribution in [1.82, 2.24) is 4.90 Å². The molecule has 0 saturated carbocycles. The number of halogens is 4. The summed E-state index contributed by atoms with van der Waals surface area (Å²) in [4.78, 5) is 1.99. The maximum Gasteiger partial charge on any atom is 0.161 e. The lowest BCUT2D eigenvalue weighted by atomic mass is 9.98. The van der Waals surface area contributed by atoms with Crippen molar-refractivity contribution >= 4 is 12.4 Å². The fourth-order valence-electron chi connectivity index (χ4n) is 2.63. The summed E-state index contributed by atoms with van der Waals surface area (Å²) in [6, 6.07) is 1.56. The van der Waals surface area contributed by atoms with E-state index in [9.17, 15) is 13.2 Å². The fourth-order valence-corrected chi connectivity index (χ4v) is 2.63. The second-order valence-electron chi connectivity index (χ2n) is 5.10. The normalized spacial score (nSPS) is 22.9. The van der Waals surface area contributed by atoms with Crippen molar-refractivity contribution < 1.29 is 17.9 Å². The Morgan fingerprint density at radius 1 is 1.24 bits per heavy atom. The van der Waals surface area contributed by atoms with E-state index < -0.39 is 17.5 Å². The van der Waals surface area contributed by atoms with Gasteiger partial charge in [-0.25, -0.2) is 13.2 Å². The molecule has 1 aliphatic rings. The van der Waals surface area contributed by atoms with Crippen molar-refractivity contribution in [2.75, 3.05) is 20.2 Å². The average Bonchev–Trinajstić information content (AvgIpc) is 2.45. The number of ether oxygens (including phenoxy) is 1. The van der Waals surface area contributed by atoms with Crippen LogP contribution in [0.5, 0.6) is 0 Å². The minimum atomic E-state index is -1.17. The summed E-state index contributed by atoms with van der Waals surface area (Å²) in [6.45, 7) is 1.34. The lowest BCUT2D eigenvalue weighted by Crippen LogP contribution is -2.48. The second kappa shape index (κ2) is 7.98. The number of nitrogens with two attached hydrogens (primary N) is 1. The third kappa shape index (κ3) is 4.32. The third-order valence-corrected chi connectivity index (χ3v) is 3.86. The first-order chi connectivity index (χ1) is 9.55. The van der Waals surface area contributed by atoms with Crippen LogP contribution in [-0.2, 0) is 11.3 Å². The van der Waals surface area contributed by atoms with Crippen LogP contribution in [0.4, 0.5) is 13.2 Å². The van der Waals surface area contributed by atoms with Crippen molar-refractivity contribution in [1.29, 1.82) is 0 Å². The summed E-state index contributed by atoms with van der Waals surface area (Å²) in [6.07, 6.45) is 1.73. The van der Waals surface area contributed by atoms with Gasteiger partial charge >= 0.3 is 0 Å². The van der Waals surface area contributed by atoms with Gasteiger partial charge in [0.25, 0.3) is 0 Å². The first kappa shape index (κ1) is 18.2. The highest BCUT2D eigenvalue weighted by atomic mass is 35.5. The first-order valence-corrected chi connectivity index (χ1v) is 6.65. The highest BCUT2D eigenvalue weighted by Gasteiger charge is 2.28. The zero-order valence-electron chi connectivity index (χ0n) is 11.8. The molecule has 0 spiro atoms. The van der Waals surface area contributed by atoms with Crippen LogP contribution in [0.15, 0.2) is 12.1 Å². The molecular formula is C14H20ClF3N2O. The maximum absolute atomic E-state index is 13.7. The minimum absolute atomic E-state index is 0. The van der Waals surface area contributed by atoms with Crippen LogP contribution in [0.3, 0.4) is 0 Å². The lowest BCUT2D eigenvalue weighted by Gasteiger charge is -2.38. The molecule has 2 N–H and O–H groups in total. The monoisotopic (exact) mass is 324 g/mol. The number of likely N-dealkylation sites (tertiary alicyclic amines) is 1. The van der Waals surface area contributed by atoms with E-state index in [4.69, 9.17) is 10.5 Å². The van der Waals surface area contributed by atoms with Gasteiger partial charge in [-0.2, -0.15) is 0 Å². The van der Waals surface area contributed by atoms with Gasteiger partial charge in [-0.1, -0.05) is 0 Å². The van der Waals surface area contributed by atoms with Gasteiger partial charge in [0.2, 0.25) is 0 Å². The summed E-state index contributed by atoms with van der Waals surface area (Å²) >= 11 is 0. The zero-order valence-corrected chi connectivity index (χ0v) is 12.6. The highest BCUT2D eigenvalue weighted by Crippen LogP contribution is 2.23. The number of piperidine rings is 1. The number of benzene rings is 1. The Kier molecular flexibility index (Phi) is 6.93. The molecule has 1 heterocycles. The first-order valence-electron chi connectivity index (χ1n) is 6.65. The van der Waals surface area contributed by atoms with Crippen molar-refractivity contribution in [3.05, 3.63) is 35.1 Å². The van der Waals surface area contributed by atoms with Crippen LogP contribution < -0.4 is 5.73 Å². The van der Waals surface area contributed by atoms with E-state index in [-0.39, 0.29) is 36.7 Å². The molecule has 0 aliphatic carbocycles. The van der Waals surface area contributed by atoms with E-state index in [0.29, 0.717) is 19.2 Å². The molecule has 1 aromatic rings. The molecule has 2 atom stereocenters. The number of hydrogen-bond donors (Lipinski definition) is 1. The molecule has 2 unspecified atom stereocenters. The maximum atomic E-state index is 13.7. The summed E-state index contributed by atoms with van der Waals surface area (Å²) < 4.78 is 45.1. The van der Waals surface area contributed by atoms with Crippen molar-refractivity contribution in [3.8, 4) is 0 Å². The zero-order chi connectivity index (χ0) is 14.7. The third-order valence-electron chi connectivity index (χ3n) is 3.86. The molecule has 1 saturated heterocycles. The molecule has 0 amide bonds. The Bertz CT molecular complexity index is 476. The second-order valence-corrected chi connectivity index (χ2v) is 5.10. The van der Waals surface area contributed by atoms with Crippen LogP contribution in [0.2, 0.25) is 0 Å². The van der Waals surface area contributed by atoms with Crippen molar-refractivity contribution in [2.45, 2.75) is 31.5 Å². The van der Waals surface area contributed by atoms with Crippen molar-refractivity contribution in [3.63, 3.8) is 0 Å². The molecule has 7 heteroatoms. The predicted molar refractivity (Wildman–Crippen MR) is 76.8 cm³/mol. The number of methoxy groups -OCH3 is 1.